The fourth-order valence-electron chi connectivity index (χ4n) is 0.992. The molecule has 0 unspecified atom stereocenters. The van der Waals surface area contributed by atoms with E-state index in [-0.39, 0.29) is 11.3 Å². The average molecular weight is 201 g/mol. The van der Waals surface area contributed by atoms with Crippen molar-refractivity contribution in [2.45, 2.75) is 25.3 Å². The van der Waals surface area contributed by atoms with Crippen molar-refractivity contribution in [3.63, 3.8) is 0 Å². The zero-order chi connectivity index (χ0) is 10.6. The molecule has 0 aliphatic rings. The summed E-state index contributed by atoms with van der Waals surface area (Å²) in [6.45, 7) is 0. The molecule has 1 aromatic rings. The maximum Gasteiger partial charge on any atom is 0.320 e. The van der Waals surface area contributed by atoms with Crippen molar-refractivity contribution < 1.29 is 14.5 Å². The van der Waals surface area contributed by atoms with E-state index in [2.05, 4.69) is 9.79 Å². The summed E-state index contributed by atoms with van der Waals surface area (Å²) >= 11 is 0. The highest BCUT2D eigenvalue weighted by Crippen LogP contribution is 1.99. The van der Waals surface area contributed by atoms with Crippen LogP contribution >= 0.6 is 0 Å². The third kappa shape index (κ3) is 2.70. The van der Waals surface area contributed by atoms with Crippen LogP contribution in [0.3, 0.4) is 0 Å². The largest absolute Gasteiger partial charge is 0.480 e. The van der Waals surface area contributed by atoms with Crippen LogP contribution in [0, 0.1) is 0 Å². The lowest BCUT2D eigenvalue weighted by Crippen LogP contribution is -2.30. The van der Waals surface area contributed by atoms with Gasteiger partial charge in [-0.2, -0.15) is 5.16 Å². The first-order valence-electron chi connectivity index (χ1n) is 4.13. The van der Waals surface area contributed by atoms with Crippen molar-refractivity contribution in [2.75, 3.05) is 0 Å². The van der Waals surface area contributed by atoms with Gasteiger partial charge in [-0.05, 0) is 19.3 Å². The van der Waals surface area contributed by atoms with Crippen molar-refractivity contribution in [2.24, 2.45) is 5.73 Å². The maximum absolute atomic E-state index is 10.9. The lowest BCUT2D eigenvalue weighted by atomic mass is 10.1. The van der Waals surface area contributed by atoms with Gasteiger partial charge in [-0.1, -0.05) is 5.16 Å². The number of carbonyl (C=O) groups is 1. The van der Waals surface area contributed by atoms with Crippen molar-refractivity contribution in [3.05, 3.63) is 16.0 Å². The van der Waals surface area contributed by atoms with Gasteiger partial charge >= 0.3 is 11.5 Å². The Bertz CT molecular complexity index is 356. The first-order valence-corrected chi connectivity index (χ1v) is 4.13. The number of carboxylic acids is 1. The van der Waals surface area contributed by atoms with Crippen LogP contribution in [0.4, 0.5) is 0 Å². The second kappa shape index (κ2) is 4.56. The van der Waals surface area contributed by atoms with Crippen LogP contribution in [-0.4, -0.2) is 27.4 Å². The van der Waals surface area contributed by atoms with Crippen molar-refractivity contribution in [1.29, 1.82) is 0 Å². The maximum atomic E-state index is 10.9. The molecule has 0 fully saturated rings. The molecule has 14 heavy (non-hydrogen) atoms. The van der Waals surface area contributed by atoms with E-state index in [0.29, 0.717) is 19.3 Å². The number of aliphatic carboxylic acids is 1. The van der Waals surface area contributed by atoms with Crippen LogP contribution in [-0.2, 0) is 11.2 Å². The first kappa shape index (κ1) is 10.5. The van der Waals surface area contributed by atoms with E-state index in [4.69, 9.17) is 10.8 Å². The summed E-state index contributed by atoms with van der Waals surface area (Å²) in [7, 11) is 0. The van der Waals surface area contributed by atoms with Gasteiger partial charge in [-0.15, -0.1) is 0 Å². The van der Waals surface area contributed by atoms with E-state index in [0.717, 1.165) is 0 Å². The molecule has 0 saturated carbocycles. The van der Waals surface area contributed by atoms with E-state index >= 15 is 0 Å². The molecule has 1 aromatic heterocycles. The number of H-pyrrole nitrogens is 1. The standard InChI is InChI=1S/C7H11N3O4/c8-4(7(12)13)2-1-3-5-6(11)10-14-9-5/h4H,1-3,8H2,(H,10,11)(H,12,13)/t4-/m1/s1. The molecular formula is C7H11N3O4. The zero-order valence-corrected chi connectivity index (χ0v) is 7.40. The van der Waals surface area contributed by atoms with Gasteiger partial charge in [-0.3, -0.25) is 14.2 Å². The highest BCUT2D eigenvalue weighted by molar-refractivity contribution is 5.72. The highest BCUT2D eigenvalue weighted by atomic mass is 16.6. The van der Waals surface area contributed by atoms with E-state index < -0.39 is 12.0 Å². The molecular weight excluding hydrogens is 190 g/mol. The molecule has 0 aromatic carbocycles. The van der Waals surface area contributed by atoms with E-state index in [1.807, 2.05) is 5.16 Å². The van der Waals surface area contributed by atoms with Crippen LogP contribution < -0.4 is 11.3 Å². The van der Waals surface area contributed by atoms with Gasteiger partial charge in [0, 0.05) is 0 Å². The quantitative estimate of drug-likeness (QED) is 0.567. The summed E-state index contributed by atoms with van der Waals surface area (Å²) in [4.78, 5) is 21.2. The van der Waals surface area contributed by atoms with Gasteiger partial charge < -0.3 is 10.8 Å². The Morgan fingerprint density at radius 2 is 2.43 bits per heavy atom. The van der Waals surface area contributed by atoms with Crippen LogP contribution in [0.1, 0.15) is 18.5 Å². The van der Waals surface area contributed by atoms with Crippen LogP contribution in [0.2, 0.25) is 0 Å². The minimum absolute atomic E-state index is 0.266. The molecule has 0 aliphatic heterocycles. The number of hydrogen-bond acceptors (Lipinski definition) is 5. The molecule has 1 rings (SSSR count). The van der Waals surface area contributed by atoms with Crippen molar-refractivity contribution in [3.8, 4) is 0 Å². The Kier molecular flexibility index (Phi) is 3.41. The summed E-state index contributed by atoms with van der Waals surface area (Å²) < 4.78 is 4.32. The third-order valence-corrected chi connectivity index (χ3v) is 1.80. The lowest BCUT2D eigenvalue weighted by Gasteiger charge is -2.03. The minimum Gasteiger partial charge on any atom is -0.480 e. The molecule has 0 amide bonds. The summed E-state index contributed by atoms with van der Waals surface area (Å²) in [5.74, 6) is -1.04. The van der Waals surface area contributed by atoms with Gasteiger partial charge in [0.25, 0.3) is 0 Å². The number of hydrogen-bond donors (Lipinski definition) is 3. The van der Waals surface area contributed by atoms with E-state index in [9.17, 15) is 9.59 Å². The first-order chi connectivity index (χ1) is 6.61. The molecule has 1 heterocycles. The molecule has 0 radical (unpaired) electrons. The fourth-order valence-corrected chi connectivity index (χ4v) is 0.992. The number of aryl methyl sites for hydroxylation is 1. The van der Waals surface area contributed by atoms with Crippen LogP contribution in [0.15, 0.2) is 9.42 Å². The van der Waals surface area contributed by atoms with Gasteiger partial charge in [0.15, 0.2) is 5.69 Å². The number of carboxylic acid groups (broad SMARTS) is 1. The normalized spacial score (nSPS) is 12.6. The smallest absolute Gasteiger partial charge is 0.320 e. The number of rotatable bonds is 5. The SMILES string of the molecule is N[C@H](CCCc1no[nH]c1=O)C(=O)O. The Morgan fingerprint density at radius 1 is 1.71 bits per heavy atom. The average Bonchev–Trinajstić information content (AvgIpc) is 2.51. The molecule has 0 aliphatic carbocycles. The van der Waals surface area contributed by atoms with Gasteiger partial charge in [0.1, 0.15) is 6.04 Å². The van der Waals surface area contributed by atoms with Gasteiger partial charge in [0.05, 0.1) is 0 Å². The molecule has 1 atom stereocenters. The summed E-state index contributed by atoms with van der Waals surface area (Å²) in [6.07, 6.45) is 1.16. The van der Waals surface area contributed by atoms with E-state index in [1.165, 1.54) is 0 Å². The number of aromatic nitrogens is 2. The molecule has 0 bridgehead atoms. The minimum atomic E-state index is -1.04. The summed E-state index contributed by atoms with van der Waals surface area (Å²) in [6, 6.07) is -0.888. The summed E-state index contributed by atoms with van der Waals surface area (Å²) in [5, 5.41) is 13.9. The van der Waals surface area contributed by atoms with Gasteiger partial charge in [0.2, 0.25) is 0 Å². The fraction of sp³-hybridized carbons (Fsp3) is 0.571. The summed E-state index contributed by atoms with van der Waals surface area (Å²) in [5.41, 5.74) is 5.15. The number of nitrogens with two attached hydrogens (primary N) is 1. The predicted octanol–water partition coefficient (Wildman–Crippen LogP) is -0.903. The third-order valence-electron chi connectivity index (χ3n) is 1.80. The van der Waals surface area contributed by atoms with Crippen molar-refractivity contribution in [1.82, 2.24) is 10.3 Å². The van der Waals surface area contributed by atoms with Crippen LogP contribution in [0.25, 0.3) is 0 Å². The Balaban J connectivity index is 2.32. The number of nitrogens with zero attached hydrogens (tertiary/aromatic N) is 1. The van der Waals surface area contributed by atoms with Gasteiger partial charge in [-0.25, -0.2) is 0 Å². The Hall–Kier alpha value is -1.63. The topological polar surface area (TPSA) is 122 Å². The molecule has 78 valence electrons. The Labute approximate surface area is 78.8 Å². The molecule has 0 spiro atoms. The zero-order valence-electron chi connectivity index (χ0n) is 7.40. The second-order valence-corrected chi connectivity index (χ2v) is 2.90. The lowest BCUT2D eigenvalue weighted by molar-refractivity contribution is -0.138. The molecule has 7 nitrogen and oxygen atoms in total. The number of nitrogens with one attached hydrogen (secondary N) is 1. The molecule has 4 N–H and O–H groups in total. The molecule has 0 saturated heterocycles. The van der Waals surface area contributed by atoms with Crippen molar-refractivity contribution >= 4 is 5.97 Å². The second-order valence-electron chi connectivity index (χ2n) is 2.90. The number of aromatic amines is 1. The Morgan fingerprint density at radius 3 is 2.93 bits per heavy atom. The predicted molar refractivity (Wildman–Crippen MR) is 45.7 cm³/mol. The highest BCUT2D eigenvalue weighted by Gasteiger charge is 2.12. The monoisotopic (exact) mass is 201 g/mol. The van der Waals surface area contributed by atoms with E-state index in [1.54, 1.807) is 0 Å². The van der Waals surface area contributed by atoms with Crippen LogP contribution in [0.5, 0.6) is 0 Å². The molecule has 7 heteroatoms.